The van der Waals surface area contributed by atoms with Crippen molar-refractivity contribution in [1.29, 1.82) is 0 Å². The van der Waals surface area contributed by atoms with Crippen molar-refractivity contribution >= 4 is 22.7 Å². The van der Waals surface area contributed by atoms with Crippen LogP contribution in [0.2, 0.25) is 0 Å². The molecule has 3 aromatic carbocycles. The van der Waals surface area contributed by atoms with Crippen LogP contribution in [0.3, 0.4) is 0 Å². The van der Waals surface area contributed by atoms with Crippen molar-refractivity contribution in [2.24, 2.45) is 11.8 Å². The Kier molecular flexibility index (Phi) is 5.37. The monoisotopic (exact) mass is 411 g/mol. The summed E-state index contributed by atoms with van der Waals surface area (Å²) < 4.78 is 8.35. The smallest absolute Gasteiger partial charge is 0.208 e. The molecule has 1 heterocycles. The standard InChI is InChI=1S/C27H29N3O/c1-19-16-20(2)18-22(17-19)30-26-11-7-6-10-25(26)29-27(30)28-21-12-14-24(15-13-21)31-23-8-4-3-5-9-23/h3-15,19-20,22H,16-18H2,1-2H3,(H,28,29). The maximum absolute atomic E-state index is 5.93. The van der Waals surface area contributed by atoms with Crippen molar-refractivity contribution in [2.45, 2.75) is 39.2 Å². The van der Waals surface area contributed by atoms with E-state index in [2.05, 4.69) is 48.0 Å². The maximum Gasteiger partial charge on any atom is 0.208 e. The van der Waals surface area contributed by atoms with Crippen LogP contribution < -0.4 is 10.1 Å². The third kappa shape index (κ3) is 4.29. The normalized spacial score (nSPS) is 21.2. The van der Waals surface area contributed by atoms with Crippen LogP contribution in [0.4, 0.5) is 11.6 Å². The first kappa shape index (κ1) is 19.7. The number of hydrogen-bond donors (Lipinski definition) is 1. The second kappa shape index (κ2) is 8.46. The molecule has 1 aliphatic carbocycles. The van der Waals surface area contributed by atoms with Crippen LogP contribution in [-0.2, 0) is 0 Å². The number of hydrogen-bond acceptors (Lipinski definition) is 3. The first-order chi connectivity index (χ1) is 15.2. The van der Waals surface area contributed by atoms with Gasteiger partial charge >= 0.3 is 0 Å². The number of fused-ring (bicyclic) bond motifs is 1. The van der Waals surface area contributed by atoms with Crippen molar-refractivity contribution in [3.8, 4) is 11.5 Å². The third-order valence-electron chi connectivity index (χ3n) is 6.20. The number of nitrogens with zero attached hydrogens (tertiary/aromatic N) is 2. The zero-order chi connectivity index (χ0) is 21.2. The summed E-state index contributed by atoms with van der Waals surface area (Å²) >= 11 is 0. The zero-order valence-electron chi connectivity index (χ0n) is 18.2. The first-order valence-electron chi connectivity index (χ1n) is 11.2. The number of para-hydroxylation sites is 3. The molecule has 0 aliphatic heterocycles. The van der Waals surface area contributed by atoms with Gasteiger partial charge in [-0.1, -0.05) is 44.2 Å². The van der Waals surface area contributed by atoms with Gasteiger partial charge in [0, 0.05) is 11.7 Å². The van der Waals surface area contributed by atoms with Crippen LogP contribution in [0.25, 0.3) is 11.0 Å². The molecule has 1 aromatic heterocycles. The molecule has 2 atom stereocenters. The molecule has 31 heavy (non-hydrogen) atoms. The fourth-order valence-electron chi connectivity index (χ4n) is 4.98. The first-order valence-corrected chi connectivity index (χ1v) is 11.2. The van der Waals surface area contributed by atoms with E-state index in [-0.39, 0.29) is 0 Å². The van der Waals surface area contributed by atoms with Gasteiger partial charge in [-0.3, -0.25) is 0 Å². The lowest BCUT2D eigenvalue weighted by atomic mass is 9.80. The molecule has 5 rings (SSSR count). The number of rotatable bonds is 5. The molecule has 1 N–H and O–H groups in total. The molecule has 4 aromatic rings. The minimum atomic E-state index is 0.467. The summed E-state index contributed by atoms with van der Waals surface area (Å²) in [5.41, 5.74) is 3.26. The molecule has 2 unspecified atom stereocenters. The van der Waals surface area contributed by atoms with E-state index in [0.29, 0.717) is 6.04 Å². The van der Waals surface area contributed by atoms with E-state index in [9.17, 15) is 0 Å². The molecule has 1 aliphatic rings. The second-order valence-corrected chi connectivity index (χ2v) is 8.93. The van der Waals surface area contributed by atoms with E-state index < -0.39 is 0 Å². The van der Waals surface area contributed by atoms with Crippen LogP contribution in [0.1, 0.15) is 39.2 Å². The van der Waals surface area contributed by atoms with Crippen molar-refractivity contribution in [3.63, 3.8) is 0 Å². The predicted molar refractivity (Wildman–Crippen MR) is 127 cm³/mol. The highest BCUT2D eigenvalue weighted by Crippen LogP contribution is 2.40. The predicted octanol–water partition coefficient (Wildman–Crippen LogP) is 7.57. The Bertz CT molecular complexity index is 1140. The Morgan fingerprint density at radius 1 is 0.774 bits per heavy atom. The zero-order valence-corrected chi connectivity index (χ0v) is 18.2. The summed E-state index contributed by atoms with van der Waals surface area (Å²) in [6.07, 6.45) is 3.71. The van der Waals surface area contributed by atoms with E-state index in [1.807, 2.05) is 54.6 Å². The van der Waals surface area contributed by atoms with Crippen molar-refractivity contribution in [1.82, 2.24) is 9.55 Å². The van der Waals surface area contributed by atoms with Gasteiger partial charge in [0.05, 0.1) is 11.0 Å². The molecule has 4 nitrogen and oxygen atoms in total. The van der Waals surface area contributed by atoms with Gasteiger partial charge in [0.2, 0.25) is 5.95 Å². The Hall–Kier alpha value is -3.27. The van der Waals surface area contributed by atoms with Crippen LogP contribution >= 0.6 is 0 Å². The number of benzene rings is 3. The van der Waals surface area contributed by atoms with Crippen LogP contribution in [0.15, 0.2) is 78.9 Å². The average Bonchev–Trinajstić information content (AvgIpc) is 3.13. The van der Waals surface area contributed by atoms with E-state index in [1.54, 1.807) is 0 Å². The topological polar surface area (TPSA) is 39.1 Å². The van der Waals surface area contributed by atoms with Gasteiger partial charge in [0.25, 0.3) is 0 Å². The molecule has 0 amide bonds. The highest BCUT2D eigenvalue weighted by Gasteiger charge is 2.28. The maximum atomic E-state index is 5.93. The molecule has 1 saturated carbocycles. The fourth-order valence-corrected chi connectivity index (χ4v) is 4.98. The van der Waals surface area contributed by atoms with Gasteiger partial charge in [0.15, 0.2) is 0 Å². The molecule has 158 valence electrons. The van der Waals surface area contributed by atoms with Gasteiger partial charge < -0.3 is 14.6 Å². The van der Waals surface area contributed by atoms with Crippen LogP contribution in [-0.4, -0.2) is 9.55 Å². The number of imidazole rings is 1. The number of aromatic nitrogens is 2. The lowest BCUT2D eigenvalue weighted by molar-refractivity contribution is 0.226. The molecule has 0 bridgehead atoms. The van der Waals surface area contributed by atoms with Gasteiger partial charge in [-0.2, -0.15) is 0 Å². The molecule has 1 fully saturated rings. The van der Waals surface area contributed by atoms with Gasteiger partial charge in [-0.25, -0.2) is 4.98 Å². The fraction of sp³-hybridized carbons (Fsp3) is 0.296. The van der Waals surface area contributed by atoms with Crippen LogP contribution in [0.5, 0.6) is 11.5 Å². The SMILES string of the molecule is CC1CC(C)CC(n2c(Nc3ccc(Oc4ccccc4)cc3)nc3ccccc32)C1. The summed E-state index contributed by atoms with van der Waals surface area (Å²) in [5, 5.41) is 3.58. The van der Waals surface area contributed by atoms with Crippen LogP contribution in [0, 0.1) is 11.8 Å². The summed E-state index contributed by atoms with van der Waals surface area (Å²) in [6.45, 7) is 4.75. The Balaban J connectivity index is 1.42. The minimum Gasteiger partial charge on any atom is -0.457 e. The Morgan fingerprint density at radius 3 is 2.16 bits per heavy atom. The highest BCUT2D eigenvalue weighted by molar-refractivity contribution is 5.80. The van der Waals surface area contributed by atoms with Crippen molar-refractivity contribution < 1.29 is 4.74 Å². The van der Waals surface area contributed by atoms with E-state index in [4.69, 9.17) is 9.72 Å². The van der Waals surface area contributed by atoms with E-state index >= 15 is 0 Å². The van der Waals surface area contributed by atoms with Gasteiger partial charge in [-0.05, 0) is 79.6 Å². The summed E-state index contributed by atoms with van der Waals surface area (Å²) in [5.74, 6) is 4.05. The molecular weight excluding hydrogens is 382 g/mol. The summed E-state index contributed by atoms with van der Waals surface area (Å²) in [7, 11) is 0. The lowest BCUT2D eigenvalue weighted by Gasteiger charge is -2.33. The minimum absolute atomic E-state index is 0.467. The molecule has 4 heteroatoms. The summed E-state index contributed by atoms with van der Waals surface area (Å²) in [4.78, 5) is 4.94. The van der Waals surface area contributed by atoms with Crippen molar-refractivity contribution in [3.05, 3.63) is 78.9 Å². The molecule has 0 saturated heterocycles. The second-order valence-electron chi connectivity index (χ2n) is 8.93. The average molecular weight is 412 g/mol. The van der Waals surface area contributed by atoms with Crippen molar-refractivity contribution in [2.75, 3.05) is 5.32 Å². The Morgan fingerprint density at radius 2 is 1.42 bits per heavy atom. The lowest BCUT2D eigenvalue weighted by Crippen LogP contribution is -2.23. The Labute approximate surface area is 183 Å². The number of ether oxygens (including phenoxy) is 1. The van der Waals surface area contributed by atoms with Gasteiger partial charge in [-0.15, -0.1) is 0 Å². The largest absolute Gasteiger partial charge is 0.457 e. The number of nitrogens with one attached hydrogen (secondary N) is 1. The van der Waals surface area contributed by atoms with E-state index in [0.717, 1.165) is 40.5 Å². The quantitative estimate of drug-likeness (QED) is 0.368. The molecular formula is C27H29N3O. The summed E-state index contributed by atoms with van der Waals surface area (Å²) in [6, 6.07) is 26.9. The third-order valence-corrected chi connectivity index (χ3v) is 6.20. The highest BCUT2D eigenvalue weighted by atomic mass is 16.5. The number of anilines is 2. The van der Waals surface area contributed by atoms with Gasteiger partial charge in [0.1, 0.15) is 11.5 Å². The van der Waals surface area contributed by atoms with E-state index in [1.165, 1.54) is 24.8 Å². The molecule has 0 radical (unpaired) electrons. The molecule has 0 spiro atoms.